The number of nitriles is 1. The van der Waals surface area contributed by atoms with E-state index in [1.54, 1.807) is 18.2 Å². The fourth-order valence-electron chi connectivity index (χ4n) is 2.93. The van der Waals surface area contributed by atoms with Gasteiger partial charge in [-0.1, -0.05) is 18.2 Å². The Balaban J connectivity index is 2.23. The molecule has 0 saturated carbocycles. The molecule has 0 spiro atoms. The second kappa shape index (κ2) is 5.19. The molecule has 0 aliphatic carbocycles. The molecule has 1 aliphatic heterocycles. The third-order valence-corrected chi connectivity index (χ3v) is 4.12. The van der Waals surface area contributed by atoms with Gasteiger partial charge in [-0.25, -0.2) is 0 Å². The van der Waals surface area contributed by atoms with Gasteiger partial charge in [0.2, 0.25) is 5.91 Å². The lowest BCUT2D eigenvalue weighted by molar-refractivity contribution is -0.119. The van der Waals surface area contributed by atoms with Gasteiger partial charge in [-0.15, -0.1) is 0 Å². The van der Waals surface area contributed by atoms with Crippen LogP contribution in [0.25, 0.3) is 0 Å². The molecule has 4 heteroatoms. The molecule has 2 aromatic rings. The number of rotatable bonds is 3. The van der Waals surface area contributed by atoms with Crippen molar-refractivity contribution < 1.29 is 9.53 Å². The number of anilines is 1. The molecule has 22 heavy (non-hydrogen) atoms. The van der Waals surface area contributed by atoms with Gasteiger partial charge in [0.25, 0.3) is 0 Å². The van der Waals surface area contributed by atoms with Crippen LogP contribution in [0.4, 0.5) is 5.69 Å². The van der Waals surface area contributed by atoms with Crippen LogP contribution in [0.2, 0.25) is 0 Å². The summed E-state index contributed by atoms with van der Waals surface area (Å²) >= 11 is 0. The maximum absolute atomic E-state index is 12.7. The first-order valence-electron chi connectivity index (χ1n) is 7.19. The number of fused-ring (bicyclic) bond motifs is 1. The molecule has 2 aromatic carbocycles. The van der Waals surface area contributed by atoms with Gasteiger partial charge in [0.1, 0.15) is 11.2 Å². The van der Waals surface area contributed by atoms with Crippen LogP contribution in [-0.2, 0) is 10.2 Å². The minimum atomic E-state index is -0.867. The van der Waals surface area contributed by atoms with E-state index in [0.717, 1.165) is 16.8 Å². The zero-order chi connectivity index (χ0) is 15.7. The Bertz CT molecular complexity index is 792. The lowest BCUT2D eigenvalue weighted by Gasteiger charge is -2.25. The molecular weight excluding hydrogens is 276 g/mol. The van der Waals surface area contributed by atoms with Crippen molar-refractivity contribution in [2.75, 3.05) is 11.9 Å². The highest BCUT2D eigenvalue weighted by atomic mass is 16.5. The quantitative estimate of drug-likeness (QED) is 0.944. The normalized spacial score (nSPS) is 19.2. The van der Waals surface area contributed by atoms with E-state index in [0.29, 0.717) is 17.9 Å². The number of nitrogens with zero attached hydrogens (tertiary/aromatic N) is 1. The molecule has 1 unspecified atom stereocenters. The standard InChI is InChI=1S/C18H16N2O2/c1-3-22-16-7-5-4-6-13(16)18(2)14-10-12(11-19)8-9-15(14)20-17(18)21/h4-10H,3H2,1-2H3,(H,20,21). The number of hydrogen-bond donors (Lipinski definition) is 1. The Labute approximate surface area is 129 Å². The predicted molar refractivity (Wildman–Crippen MR) is 83.9 cm³/mol. The Hall–Kier alpha value is -2.80. The van der Waals surface area contributed by atoms with Gasteiger partial charge in [0, 0.05) is 11.3 Å². The summed E-state index contributed by atoms with van der Waals surface area (Å²) in [5.41, 5.74) is 2.04. The van der Waals surface area contributed by atoms with Crippen molar-refractivity contribution >= 4 is 11.6 Å². The number of carbonyl (C=O) groups excluding carboxylic acids is 1. The molecule has 0 aromatic heterocycles. The van der Waals surface area contributed by atoms with E-state index in [1.807, 2.05) is 38.1 Å². The first-order valence-corrected chi connectivity index (χ1v) is 7.19. The van der Waals surface area contributed by atoms with E-state index in [4.69, 9.17) is 10.00 Å². The van der Waals surface area contributed by atoms with Crippen LogP contribution in [-0.4, -0.2) is 12.5 Å². The Morgan fingerprint density at radius 2 is 2.00 bits per heavy atom. The van der Waals surface area contributed by atoms with Gasteiger partial charge >= 0.3 is 0 Å². The van der Waals surface area contributed by atoms with Crippen molar-refractivity contribution in [1.29, 1.82) is 5.26 Å². The Morgan fingerprint density at radius 3 is 2.73 bits per heavy atom. The van der Waals surface area contributed by atoms with E-state index in [-0.39, 0.29) is 5.91 Å². The summed E-state index contributed by atoms with van der Waals surface area (Å²) in [5.74, 6) is 0.586. The van der Waals surface area contributed by atoms with E-state index in [2.05, 4.69) is 11.4 Å². The molecule has 1 atom stereocenters. The number of para-hydroxylation sites is 1. The highest BCUT2D eigenvalue weighted by Crippen LogP contribution is 2.45. The summed E-state index contributed by atoms with van der Waals surface area (Å²) in [4.78, 5) is 12.7. The molecule has 1 heterocycles. The van der Waals surface area contributed by atoms with Crippen LogP contribution in [0.5, 0.6) is 5.75 Å². The van der Waals surface area contributed by atoms with Crippen LogP contribution in [0.3, 0.4) is 0 Å². The smallest absolute Gasteiger partial charge is 0.239 e. The molecular formula is C18H16N2O2. The van der Waals surface area contributed by atoms with Crippen LogP contribution in [0, 0.1) is 11.3 Å². The average molecular weight is 292 g/mol. The summed E-state index contributed by atoms with van der Waals surface area (Å²) in [6, 6.07) is 14.9. The number of benzene rings is 2. The monoisotopic (exact) mass is 292 g/mol. The van der Waals surface area contributed by atoms with Crippen molar-refractivity contribution in [2.24, 2.45) is 0 Å². The van der Waals surface area contributed by atoms with Crippen molar-refractivity contribution in [3.05, 3.63) is 59.2 Å². The second-order valence-electron chi connectivity index (χ2n) is 5.38. The summed E-state index contributed by atoms with van der Waals surface area (Å²) in [5, 5.41) is 12.0. The number of ether oxygens (including phenoxy) is 1. The van der Waals surface area contributed by atoms with Crippen LogP contribution in [0.1, 0.15) is 30.5 Å². The van der Waals surface area contributed by atoms with E-state index >= 15 is 0 Å². The lowest BCUT2D eigenvalue weighted by atomic mass is 9.76. The number of carbonyl (C=O) groups is 1. The van der Waals surface area contributed by atoms with Crippen molar-refractivity contribution in [3.8, 4) is 11.8 Å². The number of amides is 1. The minimum absolute atomic E-state index is 0.107. The maximum atomic E-state index is 12.7. The summed E-state index contributed by atoms with van der Waals surface area (Å²) in [7, 11) is 0. The molecule has 3 rings (SSSR count). The molecule has 0 fully saturated rings. The second-order valence-corrected chi connectivity index (χ2v) is 5.38. The molecule has 1 N–H and O–H groups in total. The molecule has 1 amide bonds. The summed E-state index contributed by atoms with van der Waals surface area (Å²) < 4.78 is 5.69. The highest BCUT2D eigenvalue weighted by Gasteiger charge is 2.45. The molecule has 4 nitrogen and oxygen atoms in total. The van der Waals surface area contributed by atoms with Crippen LogP contribution >= 0.6 is 0 Å². The molecule has 0 saturated heterocycles. The van der Waals surface area contributed by atoms with Crippen molar-refractivity contribution in [3.63, 3.8) is 0 Å². The zero-order valence-corrected chi connectivity index (χ0v) is 12.5. The first-order chi connectivity index (χ1) is 10.6. The van der Waals surface area contributed by atoms with E-state index in [9.17, 15) is 4.79 Å². The fraction of sp³-hybridized carbons (Fsp3) is 0.222. The van der Waals surface area contributed by atoms with Crippen LogP contribution in [0.15, 0.2) is 42.5 Å². The van der Waals surface area contributed by atoms with Gasteiger partial charge in [-0.2, -0.15) is 5.26 Å². The molecule has 1 aliphatic rings. The number of hydrogen-bond acceptors (Lipinski definition) is 3. The maximum Gasteiger partial charge on any atom is 0.239 e. The highest BCUT2D eigenvalue weighted by molar-refractivity contribution is 6.08. The Kier molecular flexibility index (Phi) is 3.34. The predicted octanol–water partition coefficient (Wildman–Crippen LogP) is 3.22. The largest absolute Gasteiger partial charge is 0.494 e. The Morgan fingerprint density at radius 1 is 1.23 bits per heavy atom. The summed E-state index contributed by atoms with van der Waals surface area (Å²) in [6.07, 6.45) is 0. The molecule has 110 valence electrons. The minimum Gasteiger partial charge on any atom is -0.494 e. The third-order valence-electron chi connectivity index (χ3n) is 4.12. The first kappa shape index (κ1) is 14.2. The van der Waals surface area contributed by atoms with Gasteiger partial charge in [-0.05, 0) is 43.7 Å². The topological polar surface area (TPSA) is 62.1 Å². The molecule has 0 radical (unpaired) electrons. The zero-order valence-electron chi connectivity index (χ0n) is 12.5. The lowest BCUT2D eigenvalue weighted by Crippen LogP contribution is -2.32. The van der Waals surface area contributed by atoms with Gasteiger partial charge in [-0.3, -0.25) is 4.79 Å². The fourth-order valence-corrected chi connectivity index (χ4v) is 2.93. The third kappa shape index (κ3) is 1.94. The average Bonchev–Trinajstić information content (AvgIpc) is 2.80. The van der Waals surface area contributed by atoms with Gasteiger partial charge < -0.3 is 10.1 Å². The van der Waals surface area contributed by atoms with E-state index < -0.39 is 5.41 Å². The summed E-state index contributed by atoms with van der Waals surface area (Å²) in [6.45, 7) is 4.31. The van der Waals surface area contributed by atoms with Gasteiger partial charge in [0.15, 0.2) is 0 Å². The van der Waals surface area contributed by atoms with Crippen LogP contribution < -0.4 is 10.1 Å². The van der Waals surface area contributed by atoms with Crippen molar-refractivity contribution in [1.82, 2.24) is 0 Å². The van der Waals surface area contributed by atoms with Gasteiger partial charge in [0.05, 0.1) is 18.2 Å². The molecule has 0 bridgehead atoms. The van der Waals surface area contributed by atoms with E-state index in [1.165, 1.54) is 0 Å². The SMILES string of the molecule is CCOc1ccccc1C1(C)C(=O)Nc2ccc(C#N)cc21. The number of nitrogens with one attached hydrogen (secondary N) is 1. The van der Waals surface area contributed by atoms with Crippen molar-refractivity contribution in [2.45, 2.75) is 19.3 Å².